The SMILES string of the molecule is C[C@H](O[PH](=O)OCCSC(=O)C(C)(C)CO)[C@H]1O[C@@H](n2cnc3c(N)ncnc32)[C@](C)(Cl)[C@@H]1O. The van der Waals surface area contributed by atoms with E-state index in [1.165, 1.54) is 12.7 Å². The van der Waals surface area contributed by atoms with Gasteiger partial charge in [-0.05, 0) is 27.7 Å². The van der Waals surface area contributed by atoms with Crippen molar-refractivity contribution >= 4 is 53.7 Å². The predicted molar refractivity (Wildman–Crippen MR) is 128 cm³/mol. The standard InChI is InChI=1S/C19H29ClN5O7PS/c1-10(32-33(29)30-5-6-34-17(28)18(2,3)7-26)12-13(27)19(4,20)16(31-12)25-9-24-11-14(21)22-8-23-15(11)25/h8-10,12-13,16,26-27,33H,5-7H2,1-4H3,(H2,21,22,23)/t10-,12+,13+,16+,19+/m0/s1. The zero-order valence-electron chi connectivity index (χ0n) is 19.2. The molecular formula is C19H29ClN5O7PS. The Hall–Kier alpha value is -1.31. The number of imidazole rings is 1. The van der Waals surface area contributed by atoms with Crippen molar-refractivity contribution < 1.29 is 33.4 Å². The molecule has 1 aliphatic heterocycles. The maximum Gasteiger partial charge on any atom is 0.319 e. The van der Waals surface area contributed by atoms with Gasteiger partial charge in [-0.2, -0.15) is 0 Å². The Bertz CT molecular complexity index is 1060. The molecule has 0 saturated carbocycles. The predicted octanol–water partition coefficient (Wildman–Crippen LogP) is 1.75. The Balaban J connectivity index is 1.59. The highest BCUT2D eigenvalue weighted by Gasteiger charge is 2.55. The number of hydrogen-bond acceptors (Lipinski definition) is 12. The van der Waals surface area contributed by atoms with E-state index in [1.54, 1.807) is 32.3 Å². The second kappa shape index (κ2) is 10.8. The van der Waals surface area contributed by atoms with Gasteiger partial charge in [0.15, 0.2) is 22.8 Å². The normalized spacial score (nSPS) is 27.2. The lowest BCUT2D eigenvalue weighted by Gasteiger charge is -2.26. The number of rotatable bonds is 10. The van der Waals surface area contributed by atoms with Gasteiger partial charge in [0, 0.05) is 5.75 Å². The summed E-state index contributed by atoms with van der Waals surface area (Å²) in [5.74, 6) is 0.446. The van der Waals surface area contributed by atoms with Crippen molar-refractivity contribution in [3.8, 4) is 0 Å². The van der Waals surface area contributed by atoms with Crippen LogP contribution in [0.4, 0.5) is 5.82 Å². The number of anilines is 1. The topological polar surface area (TPSA) is 172 Å². The summed E-state index contributed by atoms with van der Waals surface area (Å²) in [5, 5.41) is 19.9. The highest BCUT2D eigenvalue weighted by Crippen LogP contribution is 2.46. The molecule has 6 atom stereocenters. The molecule has 34 heavy (non-hydrogen) atoms. The molecule has 2 aromatic heterocycles. The highest BCUT2D eigenvalue weighted by molar-refractivity contribution is 8.13. The van der Waals surface area contributed by atoms with Crippen LogP contribution in [0.2, 0.25) is 0 Å². The number of aromatic nitrogens is 4. The molecule has 1 saturated heterocycles. The Morgan fingerprint density at radius 2 is 2.18 bits per heavy atom. The monoisotopic (exact) mass is 537 g/mol. The lowest BCUT2D eigenvalue weighted by atomic mass is 9.97. The first kappa shape index (κ1) is 27.3. The first-order valence-corrected chi connectivity index (χ1v) is 13.1. The van der Waals surface area contributed by atoms with Crippen LogP contribution in [-0.2, 0) is 23.1 Å². The minimum Gasteiger partial charge on any atom is -0.395 e. The van der Waals surface area contributed by atoms with Gasteiger partial charge in [-0.3, -0.25) is 13.9 Å². The van der Waals surface area contributed by atoms with E-state index in [0.29, 0.717) is 11.2 Å². The number of carbonyl (C=O) groups is 1. The third-order valence-electron chi connectivity index (χ3n) is 5.53. The summed E-state index contributed by atoms with van der Waals surface area (Å²) < 4.78 is 30.5. The molecule has 0 bridgehead atoms. The number of thioether (sulfide) groups is 1. The molecular weight excluding hydrogens is 509 g/mol. The Morgan fingerprint density at radius 3 is 2.85 bits per heavy atom. The molecule has 1 unspecified atom stereocenters. The summed E-state index contributed by atoms with van der Waals surface area (Å²) in [6.45, 7) is 6.20. The summed E-state index contributed by atoms with van der Waals surface area (Å²) in [4.78, 5) is 23.0. The molecule has 0 aliphatic carbocycles. The lowest BCUT2D eigenvalue weighted by molar-refractivity contribution is -0.119. The van der Waals surface area contributed by atoms with E-state index >= 15 is 0 Å². The maximum atomic E-state index is 12.3. The van der Waals surface area contributed by atoms with Crippen molar-refractivity contribution in [1.82, 2.24) is 19.5 Å². The zero-order valence-corrected chi connectivity index (χ0v) is 21.7. The largest absolute Gasteiger partial charge is 0.395 e. The first-order chi connectivity index (χ1) is 15.9. The van der Waals surface area contributed by atoms with Crippen molar-refractivity contribution in [3.63, 3.8) is 0 Å². The molecule has 12 nitrogen and oxygen atoms in total. The number of nitrogen functional groups attached to an aromatic ring is 1. The van der Waals surface area contributed by atoms with Crippen LogP contribution in [0.25, 0.3) is 11.2 Å². The quantitative estimate of drug-likeness (QED) is 0.228. The van der Waals surface area contributed by atoms with E-state index < -0.39 is 43.1 Å². The third kappa shape index (κ3) is 5.57. The van der Waals surface area contributed by atoms with E-state index in [1.807, 2.05) is 0 Å². The van der Waals surface area contributed by atoms with Crippen LogP contribution in [-0.4, -0.2) is 77.0 Å². The summed E-state index contributed by atoms with van der Waals surface area (Å²) in [6, 6.07) is 0. The van der Waals surface area contributed by atoms with Crippen LogP contribution in [0.5, 0.6) is 0 Å². The van der Waals surface area contributed by atoms with E-state index in [4.69, 9.17) is 31.1 Å². The summed E-state index contributed by atoms with van der Waals surface area (Å²) in [6.07, 6.45) is -1.08. The van der Waals surface area contributed by atoms with Gasteiger partial charge in [0.25, 0.3) is 0 Å². The second-order valence-electron chi connectivity index (χ2n) is 8.73. The van der Waals surface area contributed by atoms with Gasteiger partial charge >= 0.3 is 8.25 Å². The number of alkyl halides is 1. The summed E-state index contributed by atoms with van der Waals surface area (Å²) >= 11 is 7.65. The molecule has 0 radical (unpaired) electrons. The number of aliphatic hydroxyl groups is 2. The molecule has 4 N–H and O–H groups in total. The molecule has 1 aliphatic rings. The van der Waals surface area contributed by atoms with Gasteiger partial charge in [0.05, 0.1) is 31.1 Å². The number of carbonyl (C=O) groups excluding carboxylic acids is 1. The number of halogens is 1. The van der Waals surface area contributed by atoms with Crippen molar-refractivity contribution in [1.29, 1.82) is 0 Å². The van der Waals surface area contributed by atoms with Crippen molar-refractivity contribution in [2.75, 3.05) is 24.7 Å². The van der Waals surface area contributed by atoms with Gasteiger partial charge in [-0.25, -0.2) is 15.0 Å². The van der Waals surface area contributed by atoms with Crippen LogP contribution in [0.15, 0.2) is 12.7 Å². The van der Waals surface area contributed by atoms with Gasteiger partial charge in [-0.15, -0.1) is 11.6 Å². The first-order valence-electron chi connectivity index (χ1n) is 10.5. The Kier molecular flexibility index (Phi) is 8.63. The van der Waals surface area contributed by atoms with E-state index in [9.17, 15) is 19.6 Å². The fourth-order valence-corrected chi connectivity index (χ4v) is 5.35. The van der Waals surface area contributed by atoms with E-state index in [2.05, 4.69) is 15.0 Å². The smallest absolute Gasteiger partial charge is 0.319 e. The summed E-state index contributed by atoms with van der Waals surface area (Å²) in [5.41, 5.74) is 5.74. The molecule has 3 rings (SSSR count). The third-order valence-corrected chi connectivity index (χ3v) is 8.13. The van der Waals surface area contributed by atoms with Gasteiger partial charge in [0.2, 0.25) is 0 Å². The maximum absolute atomic E-state index is 12.3. The van der Waals surface area contributed by atoms with Crippen LogP contribution in [0.3, 0.4) is 0 Å². The summed E-state index contributed by atoms with van der Waals surface area (Å²) in [7, 11) is -2.95. The van der Waals surface area contributed by atoms with Gasteiger partial charge < -0.3 is 29.7 Å². The van der Waals surface area contributed by atoms with Crippen molar-refractivity contribution in [2.24, 2.45) is 5.41 Å². The second-order valence-corrected chi connectivity index (χ2v) is 11.6. The highest BCUT2D eigenvalue weighted by atomic mass is 35.5. The average molecular weight is 538 g/mol. The molecule has 3 heterocycles. The molecule has 2 aromatic rings. The van der Waals surface area contributed by atoms with Crippen LogP contribution in [0, 0.1) is 5.41 Å². The number of ether oxygens (including phenoxy) is 1. The molecule has 1 fully saturated rings. The minimum absolute atomic E-state index is 0.00844. The van der Waals surface area contributed by atoms with Crippen molar-refractivity contribution in [3.05, 3.63) is 12.7 Å². The number of fused-ring (bicyclic) bond motifs is 1. The number of nitrogens with zero attached hydrogens (tertiary/aromatic N) is 4. The Morgan fingerprint density at radius 1 is 1.47 bits per heavy atom. The fourth-order valence-electron chi connectivity index (χ4n) is 3.34. The zero-order chi connectivity index (χ0) is 25.3. The lowest BCUT2D eigenvalue weighted by Crippen LogP contribution is -2.42. The number of hydrogen-bond donors (Lipinski definition) is 3. The molecule has 0 aromatic carbocycles. The Labute approximate surface area is 206 Å². The van der Waals surface area contributed by atoms with E-state index in [0.717, 1.165) is 11.8 Å². The van der Waals surface area contributed by atoms with Crippen LogP contribution >= 0.6 is 31.6 Å². The number of nitrogens with two attached hydrogens (primary N) is 1. The van der Waals surface area contributed by atoms with E-state index in [-0.39, 0.29) is 29.9 Å². The van der Waals surface area contributed by atoms with Gasteiger partial charge in [0.1, 0.15) is 28.9 Å². The van der Waals surface area contributed by atoms with Crippen molar-refractivity contribution in [2.45, 2.75) is 57.1 Å². The molecule has 0 spiro atoms. The average Bonchev–Trinajstić information content (AvgIpc) is 3.30. The molecule has 15 heteroatoms. The fraction of sp³-hybridized carbons (Fsp3) is 0.684. The van der Waals surface area contributed by atoms with Gasteiger partial charge in [-0.1, -0.05) is 11.8 Å². The van der Waals surface area contributed by atoms with Crippen LogP contribution < -0.4 is 5.73 Å². The minimum atomic E-state index is -2.95. The van der Waals surface area contributed by atoms with Crippen LogP contribution in [0.1, 0.15) is 33.9 Å². The molecule has 190 valence electrons. The number of aliphatic hydroxyl groups excluding tert-OH is 2. The molecule has 0 amide bonds.